The Kier molecular flexibility index (Phi) is 6.44. The van der Waals surface area contributed by atoms with Crippen LogP contribution >= 0.6 is 22.9 Å². The van der Waals surface area contributed by atoms with Crippen molar-refractivity contribution < 1.29 is 27.2 Å². The number of carbonyl (C=O) groups is 2. The van der Waals surface area contributed by atoms with E-state index in [2.05, 4.69) is 15.3 Å². The normalized spacial score (nSPS) is 14.8. The van der Waals surface area contributed by atoms with E-state index in [1.165, 1.54) is 34.4 Å². The molecule has 0 aliphatic carbocycles. The largest absolute Gasteiger partial charge is 0.423 e. The molecule has 5 rings (SSSR count). The first-order chi connectivity index (χ1) is 17.2. The summed E-state index contributed by atoms with van der Waals surface area (Å²) in [7, 11) is 0. The highest BCUT2D eigenvalue weighted by Gasteiger charge is 2.36. The highest BCUT2D eigenvalue weighted by Crippen LogP contribution is 2.35. The monoisotopic (exact) mass is 534 g/mol. The summed E-state index contributed by atoms with van der Waals surface area (Å²) in [6.45, 7) is 0.588. The number of oxazole rings is 1. The van der Waals surface area contributed by atoms with Crippen LogP contribution in [-0.2, 0) is 6.18 Å². The van der Waals surface area contributed by atoms with Gasteiger partial charge in [0.1, 0.15) is 11.2 Å². The number of thiazole rings is 1. The van der Waals surface area contributed by atoms with Gasteiger partial charge in [-0.25, -0.2) is 4.98 Å². The van der Waals surface area contributed by atoms with Gasteiger partial charge in [0.2, 0.25) is 0 Å². The molecule has 3 heterocycles. The minimum atomic E-state index is -4.60. The molecule has 0 radical (unpaired) electrons. The fourth-order valence-corrected chi connectivity index (χ4v) is 5.25. The summed E-state index contributed by atoms with van der Waals surface area (Å²) in [4.78, 5) is 35.5. The third-order valence-electron chi connectivity index (χ3n) is 5.92. The second-order valence-electron chi connectivity index (χ2n) is 8.27. The maximum absolute atomic E-state index is 13.3. The molecule has 0 saturated carbocycles. The first-order valence-corrected chi connectivity index (χ1v) is 12.2. The Balaban J connectivity index is 1.22. The van der Waals surface area contributed by atoms with Crippen molar-refractivity contribution in [3.05, 3.63) is 74.7 Å². The Morgan fingerprint density at radius 3 is 2.61 bits per heavy atom. The van der Waals surface area contributed by atoms with Crippen molar-refractivity contribution in [3.8, 4) is 0 Å². The quantitative estimate of drug-likeness (QED) is 0.335. The third kappa shape index (κ3) is 4.93. The van der Waals surface area contributed by atoms with E-state index < -0.39 is 23.6 Å². The Morgan fingerprint density at radius 1 is 1.11 bits per heavy atom. The number of piperidine rings is 1. The predicted octanol–water partition coefficient (Wildman–Crippen LogP) is 6.23. The highest BCUT2D eigenvalue weighted by atomic mass is 35.5. The first kappa shape index (κ1) is 24.3. The van der Waals surface area contributed by atoms with Gasteiger partial charge >= 0.3 is 12.2 Å². The van der Waals surface area contributed by atoms with E-state index in [0.29, 0.717) is 42.1 Å². The van der Waals surface area contributed by atoms with Crippen LogP contribution in [0.3, 0.4) is 0 Å². The molecule has 1 aliphatic heterocycles. The molecule has 2 aromatic carbocycles. The van der Waals surface area contributed by atoms with Crippen LogP contribution in [0.25, 0.3) is 11.1 Å². The fourth-order valence-electron chi connectivity index (χ4n) is 4.11. The number of aromatic nitrogens is 2. The molecule has 0 unspecified atom stereocenters. The number of amides is 2. The van der Waals surface area contributed by atoms with Crippen molar-refractivity contribution in [2.24, 2.45) is 0 Å². The SMILES string of the molecule is O=C(Nc1nc2cc(Cl)ccc2o1)c1csc(C2CCN(C(=O)c3ccccc3C(F)(F)F)CC2)n1. The maximum atomic E-state index is 13.3. The molecule has 1 fully saturated rings. The van der Waals surface area contributed by atoms with E-state index >= 15 is 0 Å². The zero-order chi connectivity index (χ0) is 25.4. The molecule has 2 aromatic heterocycles. The smallest absolute Gasteiger partial charge is 0.417 e. The van der Waals surface area contributed by atoms with E-state index in [1.54, 1.807) is 23.6 Å². The standard InChI is InChI=1S/C24H18ClF3N4O3S/c25-14-5-6-19-17(11-14)30-23(35-19)31-20(33)18-12-36-21(29-18)13-7-9-32(10-8-13)22(34)15-3-1-2-4-16(15)24(26,27)28/h1-6,11-13H,7-10H2,(H,30,31,33). The van der Waals surface area contributed by atoms with Gasteiger partial charge in [-0.1, -0.05) is 23.7 Å². The molecular weight excluding hydrogens is 517 g/mol. The molecule has 0 spiro atoms. The fraction of sp³-hybridized carbons (Fsp3) is 0.250. The van der Waals surface area contributed by atoms with Crippen molar-refractivity contribution >= 4 is 51.9 Å². The molecule has 12 heteroatoms. The Hall–Kier alpha value is -3.44. The zero-order valence-electron chi connectivity index (χ0n) is 18.5. The average molecular weight is 535 g/mol. The highest BCUT2D eigenvalue weighted by molar-refractivity contribution is 7.10. The Labute approximate surface area is 211 Å². The number of fused-ring (bicyclic) bond motifs is 1. The lowest BCUT2D eigenvalue weighted by molar-refractivity contribution is -0.138. The number of hydrogen-bond acceptors (Lipinski definition) is 6. The van der Waals surface area contributed by atoms with Crippen molar-refractivity contribution in [2.75, 3.05) is 18.4 Å². The van der Waals surface area contributed by atoms with E-state index in [9.17, 15) is 22.8 Å². The Morgan fingerprint density at radius 2 is 1.86 bits per heavy atom. The first-order valence-electron chi connectivity index (χ1n) is 11.0. The second kappa shape index (κ2) is 9.55. The molecule has 1 N–H and O–H groups in total. The van der Waals surface area contributed by atoms with Crippen molar-refractivity contribution in [1.29, 1.82) is 0 Å². The summed E-state index contributed by atoms with van der Waals surface area (Å²) < 4.78 is 45.4. The van der Waals surface area contributed by atoms with Gasteiger partial charge in [0.15, 0.2) is 5.58 Å². The van der Waals surface area contributed by atoms with Gasteiger partial charge in [-0.2, -0.15) is 18.2 Å². The van der Waals surface area contributed by atoms with Crippen LogP contribution in [0, 0.1) is 0 Å². The van der Waals surface area contributed by atoms with Crippen LogP contribution < -0.4 is 5.32 Å². The molecule has 186 valence electrons. The summed E-state index contributed by atoms with van der Waals surface area (Å²) in [5.41, 5.74) is -0.0930. The number of carbonyl (C=O) groups excluding carboxylic acids is 2. The van der Waals surface area contributed by atoms with Crippen LogP contribution in [0.5, 0.6) is 0 Å². The maximum Gasteiger partial charge on any atom is 0.417 e. The average Bonchev–Trinajstić information content (AvgIpc) is 3.50. The van der Waals surface area contributed by atoms with Gasteiger partial charge in [-0.3, -0.25) is 14.9 Å². The second-order valence-corrected chi connectivity index (χ2v) is 9.59. The number of halogens is 4. The molecule has 1 aliphatic rings. The van der Waals surface area contributed by atoms with Crippen LogP contribution in [-0.4, -0.2) is 39.8 Å². The number of nitrogens with one attached hydrogen (secondary N) is 1. The lowest BCUT2D eigenvalue weighted by atomic mass is 9.96. The summed E-state index contributed by atoms with van der Waals surface area (Å²) in [5, 5.41) is 5.43. The summed E-state index contributed by atoms with van der Waals surface area (Å²) in [5.74, 6) is -1.13. The Bertz CT molecular complexity index is 1440. The van der Waals surface area contributed by atoms with E-state index in [4.69, 9.17) is 16.0 Å². The number of rotatable bonds is 4. The van der Waals surface area contributed by atoms with Gasteiger partial charge in [-0.05, 0) is 43.2 Å². The van der Waals surface area contributed by atoms with Crippen molar-refractivity contribution in [1.82, 2.24) is 14.9 Å². The van der Waals surface area contributed by atoms with Crippen molar-refractivity contribution in [3.63, 3.8) is 0 Å². The topological polar surface area (TPSA) is 88.3 Å². The molecule has 0 bridgehead atoms. The van der Waals surface area contributed by atoms with Crippen LogP contribution in [0.2, 0.25) is 5.02 Å². The van der Waals surface area contributed by atoms with E-state index in [-0.39, 0.29) is 23.2 Å². The lowest BCUT2D eigenvalue weighted by Gasteiger charge is -2.31. The number of alkyl halides is 3. The molecule has 4 aromatic rings. The predicted molar refractivity (Wildman–Crippen MR) is 128 cm³/mol. The van der Waals surface area contributed by atoms with E-state index in [1.807, 2.05) is 0 Å². The zero-order valence-corrected chi connectivity index (χ0v) is 20.1. The van der Waals surface area contributed by atoms with Gasteiger partial charge in [0, 0.05) is 29.4 Å². The molecule has 7 nitrogen and oxygen atoms in total. The van der Waals surface area contributed by atoms with E-state index in [0.717, 1.165) is 11.1 Å². The van der Waals surface area contributed by atoms with Gasteiger partial charge in [-0.15, -0.1) is 11.3 Å². The minimum absolute atomic E-state index is 0.00933. The number of likely N-dealkylation sites (tertiary alicyclic amines) is 1. The minimum Gasteiger partial charge on any atom is -0.423 e. The summed E-state index contributed by atoms with van der Waals surface area (Å²) >= 11 is 7.27. The number of benzene rings is 2. The summed E-state index contributed by atoms with van der Waals surface area (Å²) in [6.07, 6.45) is -3.55. The molecule has 2 amide bonds. The van der Waals surface area contributed by atoms with Gasteiger partial charge < -0.3 is 9.32 Å². The van der Waals surface area contributed by atoms with Crippen molar-refractivity contribution in [2.45, 2.75) is 24.9 Å². The molecular formula is C24H18ClF3N4O3S. The number of hydrogen-bond donors (Lipinski definition) is 1. The van der Waals surface area contributed by atoms with Crippen LogP contribution in [0.1, 0.15) is 50.2 Å². The van der Waals surface area contributed by atoms with Gasteiger partial charge in [0.05, 0.1) is 16.1 Å². The summed E-state index contributed by atoms with van der Waals surface area (Å²) in [6, 6.07) is 9.76. The number of nitrogens with zero attached hydrogens (tertiary/aromatic N) is 3. The van der Waals surface area contributed by atoms with Crippen LogP contribution in [0.4, 0.5) is 19.2 Å². The molecule has 0 atom stereocenters. The number of anilines is 1. The van der Waals surface area contributed by atoms with Gasteiger partial charge in [0.25, 0.3) is 11.8 Å². The third-order valence-corrected chi connectivity index (χ3v) is 7.16. The molecule has 36 heavy (non-hydrogen) atoms. The molecule has 1 saturated heterocycles. The lowest BCUT2D eigenvalue weighted by Crippen LogP contribution is -2.38. The van der Waals surface area contributed by atoms with Crippen LogP contribution in [0.15, 0.2) is 52.3 Å².